The summed E-state index contributed by atoms with van der Waals surface area (Å²) in [5.41, 5.74) is 3.71. The lowest BCUT2D eigenvalue weighted by Gasteiger charge is -2.50. The van der Waals surface area contributed by atoms with E-state index in [4.69, 9.17) is 4.98 Å². The van der Waals surface area contributed by atoms with Crippen molar-refractivity contribution in [3.05, 3.63) is 47.8 Å². The van der Waals surface area contributed by atoms with E-state index in [1.165, 1.54) is 17.0 Å². The van der Waals surface area contributed by atoms with Gasteiger partial charge in [0, 0.05) is 50.7 Å². The molecule has 7 nitrogen and oxygen atoms in total. The van der Waals surface area contributed by atoms with Crippen LogP contribution in [0.3, 0.4) is 0 Å². The first kappa shape index (κ1) is 18.9. The summed E-state index contributed by atoms with van der Waals surface area (Å²) in [6, 6.07) is 1.59. The molecule has 4 heterocycles. The monoisotopic (exact) mass is 382 g/mol. The number of carbonyl (C=O) groups is 1. The third-order valence-corrected chi connectivity index (χ3v) is 6.30. The van der Waals surface area contributed by atoms with Gasteiger partial charge in [-0.25, -0.2) is 4.98 Å². The van der Waals surface area contributed by atoms with Crippen molar-refractivity contribution >= 4 is 5.91 Å². The summed E-state index contributed by atoms with van der Waals surface area (Å²) in [7, 11) is 0. The third kappa shape index (κ3) is 3.28. The molecule has 0 aromatic carbocycles. The summed E-state index contributed by atoms with van der Waals surface area (Å²) in [4.78, 5) is 25.6. The normalized spacial score (nSPS) is 20.0. The van der Waals surface area contributed by atoms with Crippen molar-refractivity contribution < 1.29 is 4.79 Å². The molecular formula is C21H30N6O. The molecule has 1 amide bonds. The van der Waals surface area contributed by atoms with Gasteiger partial charge in [0.1, 0.15) is 6.04 Å². The minimum Gasteiger partial charge on any atom is -0.348 e. The van der Waals surface area contributed by atoms with Crippen LogP contribution in [-0.4, -0.2) is 61.6 Å². The SMILES string of the molecule is CC(C)=CCN1CCc2[nH]cnc2C12CCN(C(=O)C(C)n1cccn1)CC2. The molecule has 2 aliphatic heterocycles. The fourth-order valence-corrected chi connectivity index (χ4v) is 4.62. The highest BCUT2D eigenvalue weighted by Gasteiger charge is 2.47. The largest absolute Gasteiger partial charge is 0.348 e. The van der Waals surface area contributed by atoms with Crippen LogP contribution in [0.25, 0.3) is 0 Å². The van der Waals surface area contributed by atoms with Gasteiger partial charge < -0.3 is 9.88 Å². The number of hydrogen-bond donors (Lipinski definition) is 1. The number of nitrogens with one attached hydrogen (secondary N) is 1. The molecule has 1 fully saturated rings. The van der Waals surface area contributed by atoms with Crippen molar-refractivity contribution in [1.82, 2.24) is 29.5 Å². The Morgan fingerprint density at radius 3 is 2.79 bits per heavy atom. The van der Waals surface area contributed by atoms with Gasteiger partial charge in [0.05, 0.1) is 17.6 Å². The van der Waals surface area contributed by atoms with Gasteiger partial charge in [-0.15, -0.1) is 0 Å². The number of likely N-dealkylation sites (tertiary alicyclic amines) is 1. The molecule has 0 bridgehead atoms. The Morgan fingerprint density at radius 2 is 2.11 bits per heavy atom. The van der Waals surface area contributed by atoms with Crippen LogP contribution < -0.4 is 0 Å². The number of H-pyrrole nitrogens is 1. The second-order valence-corrected chi connectivity index (χ2v) is 8.23. The van der Waals surface area contributed by atoms with E-state index in [0.29, 0.717) is 0 Å². The molecule has 28 heavy (non-hydrogen) atoms. The van der Waals surface area contributed by atoms with Gasteiger partial charge in [0.25, 0.3) is 0 Å². The fourth-order valence-electron chi connectivity index (χ4n) is 4.62. The highest BCUT2D eigenvalue weighted by atomic mass is 16.2. The molecule has 0 aliphatic carbocycles. The average Bonchev–Trinajstić information content (AvgIpc) is 3.39. The number of piperidine rings is 1. The maximum Gasteiger partial charge on any atom is 0.247 e. The van der Waals surface area contributed by atoms with Crippen LogP contribution in [0.15, 0.2) is 36.4 Å². The number of rotatable bonds is 4. The lowest BCUT2D eigenvalue weighted by molar-refractivity contribution is -0.137. The molecule has 1 unspecified atom stereocenters. The topological polar surface area (TPSA) is 70.1 Å². The van der Waals surface area contributed by atoms with Crippen molar-refractivity contribution in [3.8, 4) is 0 Å². The van der Waals surface area contributed by atoms with Crippen molar-refractivity contribution in [1.29, 1.82) is 0 Å². The highest BCUT2D eigenvalue weighted by Crippen LogP contribution is 2.42. The van der Waals surface area contributed by atoms with E-state index in [1.807, 2.05) is 30.4 Å². The van der Waals surface area contributed by atoms with E-state index in [9.17, 15) is 4.79 Å². The zero-order chi connectivity index (χ0) is 19.7. The van der Waals surface area contributed by atoms with E-state index in [0.717, 1.165) is 45.4 Å². The number of nitrogens with zero attached hydrogens (tertiary/aromatic N) is 5. The molecule has 4 rings (SSSR count). The number of aromatic amines is 1. The minimum atomic E-state index is -0.266. The number of hydrogen-bond acceptors (Lipinski definition) is 4. The van der Waals surface area contributed by atoms with Crippen molar-refractivity contribution in [3.63, 3.8) is 0 Å². The predicted octanol–water partition coefficient (Wildman–Crippen LogP) is 2.51. The third-order valence-electron chi connectivity index (χ3n) is 6.30. The molecular weight excluding hydrogens is 352 g/mol. The highest BCUT2D eigenvalue weighted by molar-refractivity contribution is 5.80. The number of carbonyl (C=O) groups excluding carboxylic acids is 1. The van der Waals surface area contributed by atoms with Gasteiger partial charge in [-0.1, -0.05) is 11.6 Å². The maximum absolute atomic E-state index is 13.0. The van der Waals surface area contributed by atoms with Crippen LogP contribution in [0.5, 0.6) is 0 Å². The zero-order valence-corrected chi connectivity index (χ0v) is 17.1. The van der Waals surface area contributed by atoms with Crippen LogP contribution >= 0.6 is 0 Å². The lowest BCUT2D eigenvalue weighted by Crippen LogP contribution is -2.57. The number of imidazole rings is 1. The van der Waals surface area contributed by atoms with Gasteiger partial charge in [0.15, 0.2) is 0 Å². The molecule has 2 aromatic rings. The Bertz CT molecular complexity index is 840. The summed E-state index contributed by atoms with van der Waals surface area (Å²) < 4.78 is 1.74. The number of fused-ring (bicyclic) bond motifs is 2. The van der Waals surface area contributed by atoms with Gasteiger partial charge in [-0.05, 0) is 39.7 Å². The second-order valence-electron chi connectivity index (χ2n) is 8.23. The average molecular weight is 383 g/mol. The Labute approximate surface area is 166 Å². The molecule has 1 spiro atoms. The number of aromatic nitrogens is 4. The molecule has 1 N–H and O–H groups in total. The summed E-state index contributed by atoms with van der Waals surface area (Å²) >= 11 is 0. The molecule has 1 saturated heterocycles. The van der Waals surface area contributed by atoms with E-state index >= 15 is 0 Å². The van der Waals surface area contributed by atoms with E-state index < -0.39 is 0 Å². The van der Waals surface area contributed by atoms with Crippen LogP contribution in [0.1, 0.15) is 51.0 Å². The van der Waals surface area contributed by atoms with Gasteiger partial charge >= 0.3 is 0 Å². The fraction of sp³-hybridized carbons (Fsp3) is 0.571. The Balaban J connectivity index is 1.53. The van der Waals surface area contributed by atoms with E-state index in [2.05, 4.69) is 34.9 Å². The molecule has 0 radical (unpaired) electrons. The van der Waals surface area contributed by atoms with Crippen molar-refractivity contribution in [2.45, 2.75) is 51.6 Å². The van der Waals surface area contributed by atoms with Gasteiger partial charge in [-0.2, -0.15) is 5.10 Å². The minimum absolute atomic E-state index is 0.0781. The van der Waals surface area contributed by atoms with Crippen LogP contribution in [0.4, 0.5) is 0 Å². The van der Waals surface area contributed by atoms with Crippen molar-refractivity contribution in [2.75, 3.05) is 26.2 Å². The van der Waals surface area contributed by atoms with Gasteiger partial charge in [0.2, 0.25) is 5.91 Å². The van der Waals surface area contributed by atoms with E-state index in [1.54, 1.807) is 10.9 Å². The molecule has 2 aromatic heterocycles. The van der Waals surface area contributed by atoms with Crippen LogP contribution in [0.2, 0.25) is 0 Å². The number of allylic oxidation sites excluding steroid dienone is 1. The van der Waals surface area contributed by atoms with E-state index in [-0.39, 0.29) is 17.5 Å². The molecule has 150 valence electrons. The van der Waals surface area contributed by atoms with Crippen LogP contribution in [-0.2, 0) is 16.8 Å². The molecule has 7 heteroatoms. The predicted molar refractivity (Wildman–Crippen MR) is 108 cm³/mol. The Hall–Kier alpha value is -2.41. The molecule has 2 aliphatic rings. The summed E-state index contributed by atoms with van der Waals surface area (Å²) in [5, 5.41) is 4.23. The quantitative estimate of drug-likeness (QED) is 0.825. The van der Waals surface area contributed by atoms with Gasteiger partial charge in [-0.3, -0.25) is 14.4 Å². The Morgan fingerprint density at radius 1 is 1.32 bits per heavy atom. The Kier molecular flexibility index (Phi) is 5.10. The summed E-state index contributed by atoms with van der Waals surface area (Å²) in [5.74, 6) is 0.146. The second kappa shape index (κ2) is 7.54. The van der Waals surface area contributed by atoms with Crippen LogP contribution in [0, 0.1) is 0 Å². The zero-order valence-electron chi connectivity index (χ0n) is 17.1. The first-order valence-corrected chi connectivity index (χ1v) is 10.2. The summed E-state index contributed by atoms with van der Waals surface area (Å²) in [6.45, 7) is 9.68. The molecule has 1 atom stereocenters. The lowest BCUT2D eigenvalue weighted by atomic mass is 9.78. The first-order chi connectivity index (χ1) is 13.5. The molecule has 0 saturated carbocycles. The maximum atomic E-state index is 13.0. The number of amides is 1. The first-order valence-electron chi connectivity index (χ1n) is 10.2. The van der Waals surface area contributed by atoms with Crippen molar-refractivity contribution in [2.24, 2.45) is 0 Å². The standard InChI is InChI=1S/C21H30N6O/c1-16(2)5-11-26-12-6-18-19(23-15-22-18)21(26)7-13-25(14-8-21)20(28)17(3)27-10-4-9-24-27/h4-5,9-10,15,17H,6-8,11-14H2,1-3H3,(H,22,23). The smallest absolute Gasteiger partial charge is 0.247 e. The summed E-state index contributed by atoms with van der Waals surface area (Å²) in [6.07, 6.45) is 10.5.